The molecule has 2 atom stereocenters. The Balaban J connectivity index is 2.26. The van der Waals surface area contributed by atoms with E-state index in [1.165, 1.54) is 0 Å². The second-order valence-electron chi connectivity index (χ2n) is 4.33. The highest BCUT2D eigenvalue weighted by Gasteiger charge is 2.28. The van der Waals surface area contributed by atoms with E-state index in [0.717, 1.165) is 12.6 Å². The minimum absolute atomic E-state index is 0.0217. The van der Waals surface area contributed by atoms with Gasteiger partial charge in [0.25, 0.3) is 5.56 Å². The van der Waals surface area contributed by atoms with E-state index in [-0.39, 0.29) is 12.1 Å². The summed E-state index contributed by atoms with van der Waals surface area (Å²) in [6.45, 7) is 0. The van der Waals surface area contributed by atoms with Crippen LogP contribution in [-0.4, -0.2) is 30.5 Å². The molecule has 1 aliphatic carbocycles. The molecule has 1 aliphatic rings. The van der Waals surface area contributed by atoms with Gasteiger partial charge in [0.1, 0.15) is 0 Å². The standard InChI is InChI=1S/C9H14N4O4S/c10-5-1-2-6(3-5)13-18(16,17)7-4-11-9(15)12-8(7)14/h4-6,13H,1-3,10H2,(H2,11,12,14,15)/t5-,6-/m1/s1. The lowest BCUT2D eigenvalue weighted by molar-refractivity contribution is 0.547. The van der Waals surface area contributed by atoms with Crippen molar-refractivity contribution in [3.8, 4) is 0 Å². The molecule has 18 heavy (non-hydrogen) atoms. The maximum absolute atomic E-state index is 11.9. The summed E-state index contributed by atoms with van der Waals surface area (Å²) in [7, 11) is -3.93. The molecule has 0 amide bonds. The molecule has 0 spiro atoms. The second-order valence-corrected chi connectivity index (χ2v) is 6.01. The fourth-order valence-corrected chi connectivity index (χ4v) is 3.29. The van der Waals surface area contributed by atoms with Gasteiger partial charge in [-0.15, -0.1) is 0 Å². The summed E-state index contributed by atoms with van der Waals surface area (Å²) >= 11 is 0. The van der Waals surface area contributed by atoms with E-state index in [4.69, 9.17) is 5.73 Å². The third kappa shape index (κ3) is 2.68. The molecule has 0 aromatic carbocycles. The van der Waals surface area contributed by atoms with Gasteiger partial charge in [-0.3, -0.25) is 9.78 Å². The first-order valence-electron chi connectivity index (χ1n) is 5.48. The van der Waals surface area contributed by atoms with Crippen LogP contribution in [0.15, 0.2) is 20.7 Å². The SMILES string of the molecule is N[C@@H]1CC[C@@H](NS(=O)(=O)c2c[nH]c(=O)[nH]c2=O)C1. The van der Waals surface area contributed by atoms with Gasteiger partial charge in [0.2, 0.25) is 10.0 Å². The molecule has 100 valence electrons. The van der Waals surface area contributed by atoms with Crippen molar-refractivity contribution in [1.29, 1.82) is 0 Å². The molecule has 1 aromatic heterocycles. The van der Waals surface area contributed by atoms with Crippen LogP contribution in [0.5, 0.6) is 0 Å². The number of H-pyrrole nitrogens is 2. The van der Waals surface area contributed by atoms with Gasteiger partial charge in [-0.25, -0.2) is 17.9 Å². The quantitative estimate of drug-likeness (QED) is 0.516. The van der Waals surface area contributed by atoms with Crippen LogP contribution in [0.1, 0.15) is 19.3 Å². The monoisotopic (exact) mass is 274 g/mol. The molecular weight excluding hydrogens is 260 g/mol. The van der Waals surface area contributed by atoms with Crippen LogP contribution < -0.4 is 21.7 Å². The average molecular weight is 274 g/mol. The third-order valence-corrected chi connectivity index (χ3v) is 4.40. The number of aromatic amines is 2. The van der Waals surface area contributed by atoms with Crippen LogP contribution in [0.3, 0.4) is 0 Å². The molecule has 9 heteroatoms. The lowest BCUT2D eigenvalue weighted by Gasteiger charge is -2.11. The van der Waals surface area contributed by atoms with Crippen molar-refractivity contribution < 1.29 is 8.42 Å². The largest absolute Gasteiger partial charge is 0.328 e. The van der Waals surface area contributed by atoms with E-state index < -0.39 is 26.2 Å². The van der Waals surface area contributed by atoms with Crippen molar-refractivity contribution in [2.75, 3.05) is 0 Å². The van der Waals surface area contributed by atoms with Crippen LogP contribution in [0.4, 0.5) is 0 Å². The Hall–Kier alpha value is -1.45. The van der Waals surface area contributed by atoms with Crippen molar-refractivity contribution in [1.82, 2.24) is 14.7 Å². The number of sulfonamides is 1. The fraction of sp³-hybridized carbons (Fsp3) is 0.556. The van der Waals surface area contributed by atoms with E-state index in [0.29, 0.717) is 12.8 Å². The van der Waals surface area contributed by atoms with Crippen LogP contribution >= 0.6 is 0 Å². The smallest absolute Gasteiger partial charge is 0.325 e. The van der Waals surface area contributed by atoms with Gasteiger partial charge in [-0.1, -0.05) is 0 Å². The van der Waals surface area contributed by atoms with Crippen LogP contribution in [0.2, 0.25) is 0 Å². The Bertz CT molecular complexity index is 647. The van der Waals surface area contributed by atoms with Gasteiger partial charge >= 0.3 is 5.69 Å². The highest BCUT2D eigenvalue weighted by molar-refractivity contribution is 7.89. The number of nitrogens with two attached hydrogens (primary N) is 1. The van der Waals surface area contributed by atoms with Crippen molar-refractivity contribution >= 4 is 10.0 Å². The molecule has 5 N–H and O–H groups in total. The zero-order valence-electron chi connectivity index (χ0n) is 9.47. The van der Waals surface area contributed by atoms with Crippen molar-refractivity contribution in [2.24, 2.45) is 5.73 Å². The summed E-state index contributed by atoms with van der Waals surface area (Å²) in [4.78, 5) is 25.7. The third-order valence-electron chi connectivity index (χ3n) is 2.87. The first-order valence-corrected chi connectivity index (χ1v) is 6.97. The number of nitrogens with one attached hydrogen (secondary N) is 3. The predicted octanol–water partition coefficient (Wildman–Crippen LogP) is -1.78. The maximum Gasteiger partial charge on any atom is 0.325 e. The topological polar surface area (TPSA) is 138 Å². The first-order chi connectivity index (χ1) is 8.38. The minimum atomic E-state index is -3.93. The van der Waals surface area contributed by atoms with Crippen molar-refractivity contribution in [3.05, 3.63) is 27.0 Å². The van der Waals surface area contributed by atoms with Crippen LogP contribution in [0.25, 0.3) is 0 Å². The fourth-order valence-electron chi connectivity index (χ4n) is 2.00. The molecule has 0 aliphatic heterocycles. The summed E-state index contributed by atoms with van der Waals surface area (Å²) in [5.41, 5.74) is 4.00. The Labute approximate surface area is 103 Å². The normalized spacial score (nSPS) is 24.3. The van der Waals surface area contributed by atoms with Crippen LogP contribution in [0, 0.1) is 0 Å². The Morgan fingerprint density at radius 1 is 1.33 bits per heavy atom. The molecule has 0 bridgehead atoms. The summed E-state index contributed by atoms with van der Waals surface area (Å²) in [6.07, 6.45) is 2.82. The summed E-state index contributed by atoms with van der Waals surface area (Å²) < 4.78 is 26.3. The zero-order valence-corrected chi connectivity index (χ0v) is 10.3. The second kappa shape index (κ2) is 4.67. The van der Waals surface area contributed by atoms with E-state index >= 15 is 0 Å². The number of aromatic nitrogens is 2. The highest BCUT2D eigenvalue weighted by atomic mass is 32.2. The molecule has 2 rings (SSSR count). The minimum Gasteiger partial charge on any atom is -0.328 e. The zero-order chi connectivity index (χ0) is 13.3. The lowest BCUT2D eigenvalue weighted by Crippen LogP contribution is -2.38. The Morgan fingerprint density at radius 2 is 2.06 bits per heavy atom. The molecule has 0 radical (unpaired) electrons. The molecule has 1 heterocycles. The highest BCUT2D eigenvalue weighted by Crippen LogP contribution is 2.18. The Morgan fingerprint density at radius 3 is 2.61 bits per heavy atom. The van der Waals surface area contributed by atoms with Gasteiger partial charge in [-0.05, 0) is 19.3 Å². The van der Waals surface area contributed by atoms with Crippen molar-refractivity contribution in [2.45, 2.75) is 36.2 Å². The van der Waals surface area contributed by atoms with E-state index in [1.807, 2.05) is 4.98 Å². The molecule has 1 fully saturated rings. The molecule has 0 saturated heterocycles. The molecule has 8 nitrogen and oxygen atoms in total. The maximum atomic E-state index is 11.9. The van der Waals surface area contributed by atoms with Gasteiger partial charge in [0, 0.05) is 18.3 Å². The predicted molar refractivity (Wildman–Crippen MR) is 63.6 cm³/mol. The number of rotatable bonds is 3. The summed E-state index contributed by atoms with van der Waals surface area (Å²) in [6, 6.07) is -0.289. The van der Waals surface area contributed by atoms with E-state index in [9.17, 15) is 18.0 Å². The van der Waals surface area contributed by atoms with Gasteiger partial charge in [0.05, 0.1) is 0 Å². The lowest BCUT2D eigenvalue weighted by atomic mass is 10.2. The van der Waals surface area contributed by atoms with Gasteiger partial charge < -0.3 is 10.7 Å². The van der Waals surface area contributed by atoms with Crippen molar-refractivity contribution in [3.63, 3.8) is 0 Å². The van der Waals surface area contributed by atoms with Gasteiger partial charge in [0.15, 0.2) is 4.90 Å². The van der Waals surface area contributed by atoms with Crippen LogP contribution in [-0.2, 0) is 10.0 Å². The Kier molecular flexibility index (Phi) is 3.37. The van der Waals surface area contributed by atoms with E-state index in [2.05, 4.69) is 9.71 Å². The average Bonchev–Trinajstić information content (AvgIpc) is 2.62. The molecular formula is C9H14N4O4S. The van der Waals surface area contributed by atoms with Gasteiger partial charge in [-0.2, -0.15) is 0 Å². The van der Waals surface area contributed by atoms with E-state index in [1.54, 1.807) is 0 Å². The summed E-state index contributed by atoms with van der Waals surface area (Å²) in [5.74, 6) is 0. The first kappa shape index (κ1) is 13.0. The molecule has 1 aromatic rings. The number of hydrogen-bond acceptors (Lipinski definition) is 5. The number of hydrogen-bond donors (Lipinski definition) is 4. The summed E-state index contributed by atoms with van der Waals surface area (Å²) in [5, 5.41) is 0. The molecule has 1 saturated carbocycles. The molecule has 0 unspecified atom stereocenters.